The summed E-state index contributed by atoms with van der Waals surface area (Å²) in [4.78, 5) is 1.18. The van der Waals surface area contributed by atoms with E-state index in [0.717, 1.165) is 22.4 Å². The number of nitrogens with one attached hydrogen (secondary N) is 1. The maximum Gasteiger partial charge on any atom is 0.0514 e. The van der Waals surface area contributed by atoms with Crippen molar-refractivity contribution in [1.29, 1.82) is 0 Å². The highest BCUT2D eigenvalue weighted by Crippen LogP contribution is 2.21. The predicted molar refractivity (Wildman–Crippen MR) is 70.2 cm³/mol. The number of thiophene rings is 1. The van der Waals surface area contributed by atoms with Crippen LogP contribution >= 0.6 is 27.3 Å². The van der Waals surface area contributed by atoms with Crippen LogP contribution in [0.25, 0.3) is 0 Å². The van der Waals surface area contributed by atoms with Crippen molar-refractivity contribution >= 4 is 38.6 Å². The number of benzene rings is 1. The second-order valence-corrected chi connectivity index (χ2v) is 5.08. The average Bonchev–Trinajstić information content (AvgIpc) is 2.61. The number of nitrogen functional groups attached to an aromatic ring is 1. The zero-order valence-electron chi connectivity index (χ0n) is 8.03. The fourth-order valence-electron chi connectivity index (χ4n) is 1.27. The van der Waals surface area contributed by atoms with Gasteiger partial charge in [-0.3, -0.25) is 0 Å². The van der Waals surface area contributed by atoms with E-state index in [-0.39, 0.29) is 0 Å². The Morgan fingerprint density at radius 1 is 1.33 bits per heavy atom. The van der Waals surface area contributed by atoms with Gasteiger partial charge in [-0.05, 0) is 29.6 Å². The molecule has 0 saturated heterocycles. The summed E-state index contributed by atoms with van der Waals surface area (Å²) in [5.41, 5.74) is 7.75. The minimum absolute atomic E-state index is 0.778. The standard InChI is InChI=1S/C11H11BrN2S/c12-8-2-1-3-9(6-8)14-7-11-10(13)4-5-15-11/h1-6,14H,7,13H2. The summed E-state index contributed by atoms with van der Waals surface area (Å²) in [5.74, 6) is 0. The van der Waals surface area contributed by atoms with Gasteiger partial charge in [-0.1, -0.05) is 22.0 Å². The van der Waals surface area contributed by atoms with E-state index in [1.54, 1.807) is 11.3 Å². The summed E-state index contributed by atoms with van der Waals surface area (Å²) in [6, 6.07) is 10.0. The zero-order valence-corrected chi connectivity index (χ0v) is 10.4. The highest BCUT2D eigenvalue weighted by molar-refractivity contribution is 9.10. The van der Waals surface area contributed by atoms with Gasteiger partial charge >= 0.3 is 0 Å². The quantitative estimate of drug-likeness (QED) is 0.901. The van der Waals surface area contributed by atoms with Crippen molar-refractivity contribution in [2.75, 3.05) is 11.1 Å². The maximum atomic E-state index is 5.80. The first kappa shape index (κ1) is 10.5. The van der Waals surface area contributed by atoms with Crippen LogP contribution in [0.3, 0.4) is 0 Å². The number of halogens is 1. The molecule has 78 valence electrons. The molecule has 0 fully saturated rings. The van der Waals surface area contributed by atoms with E-state index in [2.05, 4.69) is 21.2 Å². The van der Waals surface area contributed by atoms with E-state index in [1.165, 1.54) is 4.88 Å². The van der Waals surface area contributed by atoms with Crippen LogP contribution in [0, 0.1) is 0 Å². The highest BCUT2D eigenvalue weighted by Gasteiger charge is 2.00. The smallest absolute Gasteiger partial charge is 0.0514 e. The normalized spacial score (nSPS) is 10.2. The molecule has 2 aromatic rings. The molecule has 2 rings (SSSR count). The van der Waals surface area contributed by atoms with E-state index in [4.69, 9.17) is 5.73 Å². The summed E-state index contributed by atoms with van der Waals surface area (Å²) in [6.45, 7) is 0.778. The van der Waals surface area contributed by atoms with E-state index in [1.807, 2.05) is 35.7 Å². The molecule has 3 N–H and O–H groups in total. The number of nitrogens with two attached hydrogens (primary N) is 1. The SMILES string of the molecule is Nc1ccsc1CNc1cccc(Br)c1. The van der Waals surface area contributed by atoms with Crippen LogP contribution in [0.15, 0.2) is 40.2 Å². The number of hydrogen-bond donors (Lipinski definition) is 2. The van der Waals surface area contributed by atoms with Crippen LogP contribution in [0.4, 0.5) is 11.4 Å². The molecule has 0 aliphatic carbocycles. The summed E-state index contributed by atoms with van der Waals surface area (Å²) in [5, 5.41) is 5.34. The van der Waals surface area contributed by atoms with Gasteiger partial charge in [-0.15, -0.1) is 11.3 Å². The third-order valence-electron chi connectivity index (χ3n) is 2.06. The van der Waals surface area contributed by atoms with Crippen molar-refractivity contribution < 1.29 is 0 Å². The Bertz CT molecular complexity index is 453. The molecule has 15 heavy (non-hydrogen) atoms. The Balaban J connectivity index is 2.02. The second kappa shape index (κ2) is 4.68. The molecule has 1 aromatic carbocycles. The second-order valence-electron chi connectivity index (χ2n) is 3.16. The molecule has 0 amide bonds. The van der Waals surface area contributed by atoms with Gasteiger partial charge in [0.1, 0.15) is 0 Å². The van der Waals surface area contributed by atoms with E-state index in [0.29, 0.717) is 0 Å². The van der Waals surface area contributed by atoms with Gasteiger partial charge in [-0.2, -0.15) is 0 Å². The minimum atomic E-state index is 0.778. The van der Waals surface area contributed by atoms with Crippen LogP contribution in [0.1, 0.15) is 4.88 Å². The predicted octanol–water partition coefficient (Wildman–Crippen LogP) is 3.70. The van der Waals surface area contributed by atoms with Crippen LogP contribution < -0.4 is 11.1 Å². The first-order valence-electron chi connectivity index (χ1n) is 4.57. The van der Waals surface area contributed by atoms with Crippen LogP contribution in [-0.2, 0) is 6.54 Å². The Kier molecular flexibility index (Phi) is 3.28. The molecule has 0 bridgehead atoms. The van der Waals surface area contributed by atoms with Crippen LogP contribution in [0.2, 0.25) is 0 Å². The third kappa shape index (κ3) is 2.73. The molecule has 1 heterocycles. The lowest BCUT2D eigenvalue weighted by molar-refractivity contribution is 1.19. The monoisotopic (exact) mass is 282 g/mol. The summed E-state index contributed by atoms with van der Waals surface area (Å²) < 4.78 is 1.08. The van der Waals surface area contributed by atoms with Gasteiger partial charge in [-0.25, -0.2) is 0 Å². The molecule has 0 aliphatic heterocycles. The molecule has 0 saturated carbocycles. The fraction of sp³-hybridized carbons (Fsp3) is 0.0909. The molecular weight excluding hydrogens is 272 g/mol. The third-order valence-corrected chi connectivity index (χ3v) is 3.49. The molecule has 0 spiro atoms. The summed E-state index contributed by atoms with van der Waals surface area (Å²) in [7, 11) is 0. The zero-order chi connectivity index (χ0) is 10.7. The minimum Gasteiger partial charge on any atom is -0.398 e. The van der Waals surface area contributed by atoms with E-state index < -0.39 is 0 Å². The van der Waals surface area contributed by atoms with Crippen LogP contribution in [-0.4, -0.2) is 0 Å². The highest BCUT2D eigenvalue weighted by atomic mass is 79.9. The molecule has 0 aliphatic rings. The molecule has 0 unspecified atom stereocenters. The first-order chi connectivity index (χ1) is 7.25. The van der Waals surface area contributed by atoms with Crippen molar-refractivity contribution in [3.8, 4) is 0 Å². The topological polar surface area (TPSA) is 38.0 Å². The summed E-state index contributed by atoms with van der Waals surface area (Å²) in [6.07, 6.45) is 0. The Morgan fingerprint density at radius 2 is 2.20 bits per heavy atom. The van der Waals surface area contributed by atoms with Crippen molar-refractivity contribution in [2.24, 2.45) is 0 Å². The lowest BCUT2D eigenvalue weighted by Crippen LogP contribution is -1.99. The lowest BCUT2D eigenvalue weighted by Gasteiger charge is -2.05. The molecular formula is C11H11BrN2S. The van der Waals surface area contributed by atoms with Gasteiger partial charge in [0, 0.05) is 20.7 Å². The maximum absolute atomic E-state index is 5.80. The Morgan fingerprint density at radius 3 is 2.87 bits per heavy atom. The molecule has 1 aromatic heterocycles. The average molecular weight is 283 g/mol. The number of anilines is 2. The first-order valence-corrected chi connectivity index (χ1v) is 6.24. The molecule has 0 radical (unpaired) electrons. The largest absolute Gasteiger partial charge is 0.398 e. The van der Waals surface area contributed by atoms with E-state index in [9.17, 15) is 0 Å². The molecule has 0 atom stereocenters. The van der Waals surface area contributed by atoms with Gasteiger partial charge < -0.3 is 11.1 Å². The van der Waals surface area contributed by atoms with Crippen molar-refractivity contribution in [1.82, 2.24) is 0 Å². The van der Waals surface area contributed by atoms with Gasteiger partial charge in [0.15, 0.2) is 0 Å². The van der Waals surface area contributed by atoms with Crippen molar-refractivity contribution in [2.45, 2.75) is 6.54 Å². The van der Waals surface area contributed by atoms with Crippen LogP contribution in [0.5, 0.6) is 0 Å². The van der Waals surface area contributed by atoms with Gasteiger partial charge in [0.05, 0.1) is 6.54 Å². The van der Waals surface area contributed by atoms with Gasteiger partial charge in [0.2, 0.25) is 0 Å². The Hall–Kier alpha value is -1.00. The summed E-state index contributed by atoms with van der Waals surface area (Å²) >= 11 is 5.11. The fourth-order valence-corrected chi connectivity index (χ4v) is 2.41. The lowest BCUT2D eigenvalue weighted by atomic mass is 10.3. The molecule has 2 nitrogen and oxygen atoms in total. The van der Waals surface area contributed by atoms with Crippen molar-refractivity contribution in [3.05, 3.63) is 45.1 Å². The van der Waals surface area contributed by atoms with Crippen molar-refractivity contribution in [3.63, 3.8) is 0 Å². The number of hydrogen-bond acceptors (Lipinski definition) is 3. The Labute approximate surface area is 101 Å². The molecule has 4 heteroatoms. The number of rotatable bonds is 3. The van der Waals surface area contributed by atoms with Gasteiger partial charge in [0.25, 0.3) is 0 Å². The van der Waals surface area contributed by atoms with E-state index >= 15 is 0 Å².